The molecule has 1 aliphatic heterocycles. The number of rotatable bonds is 9. The molecule has 3 heterocycles. The van der Waals surface area contributed by atoms with Crippen LogP contribution in [-0.2, 0) is 16.0 Å². The Kier molecular flexibility index (Phi) is 8.88. The molecule has 2 aromatic heterocycles. The number of piperidine rings is 1. The summed E-state index contributed by atoms with van der Waals surface area (Å²) < 4.78 is 0. The highest BCUT2D eigenvalue weighted by Crippen LogP contribution is 2.24. The largest absolute Gasteiger partial charge is 0.342 e. The van der Waals surface area contributed by atoms with E-state index in [2.05, 4.69) is 20.6 Å². The van der Waals surface area contributed by atoms with Crippen molar-refractivity contribution in [3.05, 3.63) is 100 Å². The molecule has 9 heteroatoms. The number of nitrogens with zero attached hydrogens (tertiary/aromatic N) is 2. The first-order chi connectivity index (χ1) is 20.4. The fourth-order valence-corrected chi connectivity index (χ4v) is 5.85. The van der Waals surface area contributed by atoms with E-state index >= 15 is 0 Å². The zero-order chi connectivity index (χ0) is 29.6. The van der Waals surface area contributed by atoms with Crippen LogP contribution in [0.4, 0.5) is 0 Å². The van der Waals surface area contributed by atoms with Crippen molar-refractivity contribution in [2.24, 2.45) is 5.92 Å². The second kappa shape index (κ2) is 12.9. The van der Waals surface area contributed by atoms with Gasteiger partial charge >= 0.3 is 0 Å². The lowest BCUT2D eigenvalue weighted by molar-refractivity contribution is -0.132. The highest BCUT2D eigenvalue weighted by atomic mass is 16.2. The molecule has 4 aromatic rings. The topological polar surface area (TPSA) is 124 Å². The average molecular weight is 566 g/mol. The minimum Gasteiger partial charge on any atom is -0.342 e. The van der Waals surface area contributed by atoms with E-state index < -0.39 is 11.9 Å². The lowest BCUT2D eigenvalue weighted by Crippen LogP contribution is -2.55. The summed E-state index contributed by atoms with van der Waals surface area (Å²) in [5, 5.41) is 7.00. The van der Waals surface area contributed by atoms with Crippen LogP contribution in [0.5, 0.6) is 0 Å². The first-order valence-corrected chi connectivity index (χ1v) is 14.2. The van der Waals surface area contributed by atoms with Gasteiger partial charge in [0.2, 0.25) is 11.5 Å². The van der Waals surface area contributed by atoms with Gasteiger partial charge in [-0.1, -0.05) is 42.5 Å². The van der Waals surface area contributed by atoms with Gasteiger partial charge in [0.25, 0.3) is 5.91 Å². The van der Waals surface area contributed by atoms with E-state index in [0.29, 0.717) is 25.9 Å². The van der Waals surface area contributed by atoms with Gasteiger partial charge < -0.3 is 25.3 Å². The van der Waals surface area contributed by atoms with Gasteiger partial charge in [0.15, 0.2) is 0 Å². The van der Waals surface area contributed by atoms with Crippen LogP contribution in [-0.4, -0.2) is 65.2 Å². The Hall–Kier alpha value is -4.63. The highest BCUT2D eigenvalue weighted by Gasteiger charge is 2.33. The Morgan fingerprint density at radius 1 is 1.05 bits per heavy atom. The molecule has 9 nitrogen and oxygen atoms in total. The van der Waals surface area contributed by atoms with Gasteiger partial charge in [-0.05, 0) is 67.6 Å². The molecule has 0 aliphatic carbocycles. The maximum Gasteiger partial charge on any atom is 0.270 e. The zero-order valence-electron chi connectivity index (χ0n) is 23.8. The molecule has 42 heavy (non-hydrogen) atoms. The van der Waals surface area contributed by atoms with Crippen LogP contribution in [0.15, 0.2) is 77.7 Å². The summed E-state index contributed by atoms with van der Waals surface area (Å²) in [6.45, 7) is 3.03. The number of pyridine rings is 2. The van der Waals surface area contributed by atoms with Crippen molar-refractivity contribution in [1.29, 1.82) is 0 Å². The van der Waals surface area contributed by atoms with Crippen LogP contribution in [0.2, 0.25) is 0 Å². The monoisotopic (exact) mass is 565 g/mol. The summed E-state index contributed by atoms with van der Waals surface area (Å²) in [7, 11) is 1.78. The fourth-order valence-electron chi connectivity index (χ4n) is 5.85. The summed E-state index contributed by atoms with van der Waals surface area (Å²) in [6.07, 6.45) is 4.11. The summed E-state index contributed by atoms with van der Waals surface area (Å²) in [5.74, 6) is -0.265. The Bertz CT molecular complexity index is 1630. The minimum atomic E-state index is -0.738. The van der Waals surface area contributed by atoms with E-state index in [1.165, 1.54) is 0 Å². The predicted molar refractivity (Wildman–Crippen MR) is 162 cm³/mol. The molecule has 1 saturated heterocycles. The van der Waals surface area contributed by atoms with E-state index in [0.717, 1.165) is 39.4 Å². The van der Waals surface area contributed by atoms with E-state index in [1.54, 1.807) is 25.4 Å². The predicted octanol–water partition coefficient (Wildman–Crippen LogP) is 3.27. The number of benzene rings is 2. The number of aromatic nitrogens is 2. The second-order valence-electron chi connectivity index (χ2n) is 10.8. The van der Waals surface area contributed by atoms with E-state index in [9.17, 15) is 19.2 Å². The van der Waals surface area contributed by atoms with Crippen LogP contribution in [0.25, 0.3) is 22.0 Å². The lowest BCUT2D eigenvalue weighted by Gasteiger charge is -2.38. The van der Waals surface area contributed by atoms with E-state index in [1.807, 2.05) is 66.4 Å². The number of aldehydes is 1. The number of likely N-dealkylation sites (N-methyl/N-ethyl adjacent to an activating group) is 1. The van der Waals surface area contributed by atoms with Crippen LogP contribution in [0.3, 0.4) is 0 Å². The van der Waals surface area contributed by atoms with Gasteiger partial charge in [-0.2, -0.15) is 0 Å². The Morgan fingerprint density at radius 2 is 1.81 bits per heavy atom. The van der Waals surface area contributed by atoms with E-state index in [4.69, 9.17) is 0 Å². The number of H-pyrrole nitrogens is 1. The standard InChI is InChI=1S/C33H35N5O4/c1-21-16-30(40)36-27-10-8-22(17-26(21)27)18-31(41)38-14-12-24(13-15-38)32(34-2)29(20-39)37-33(42)28-11-9-25(19-35-28)23-6-4-3-5-7-23/h3-11,16-17,19-20,24,29,32,34H,12-15,18H2,1-2H3,(H,36,40)(H,37,42)/t29-,32-/m1/s1. The maximum atomic E-state index is 13.1. The third-order valence-corrected chi connectivity index (χ3v) is 8.14. The van der Waals surface area contributed by atoms with Crippen molar-refractivity contribution in [3.8, 4) is 11.1 Å². The number of aryl methyl sites for hydroxylation is 1. The molecule has 0 spiro atoms. The Labute approximate surface area is 244 Å². The zero-order valence-corrected chi connectivity index (χ0v) is 23.8. The number of amides is 2. The number of carbonyl (C=O) groups excluding carboxylic acids is 3. The van der Waals surface area contributed by atoms with Gasteiger partial charge in [0.1, 0.15) is 18.0 Å². The SMILES string of the molecule is CN[C@H](C1CCN(C(=O)Cc2ccc3[nH]c(=O)cc(C)c3c2)CC1)[C@@H](C=O)NC(=O)c1ccc(-c2ccccc2)cn1. The summed E-state index contributed by atoms with van der Waals surface area (Å²) in [4.78, 5) is 59.0. The fraction of sp³-hybridized carbons (Fsp3) is 0.303. The number of hydrogen-bond acceptors (Lipinski definition) is 6. The smallest absolute Gasteiger partial charge is 0.270 e. The van der Waals surface area contributed by atoms with Crippen LogP contribution in [0, 0.1) is 12.8 Å². The van der Waals surface area contributed by atoms with Gasteiger partial charge in [0, 0.05) is 47.9 Å². The molecular formula is C33H35N5O4. The molecule has 2 amide bonds. The van der Waals surface area contributed by atoms with E-state index in [-0.39, 0.29) is 35.5 Å². The number of likely N-dealkylation sites (tertiary alicyclic amines) is 1. The van der Waals surface area contributed by atoms with Gasteiger partial charge in [0.05, 0.1) is 6.42 Å². The van der Waals surface area contributed by atoms with Crippen molar-refractivity contribution in [3.63, 3.8) is 0 Å². The maximum absolute atomic E-state index is 13.1. The molecule has 1 fully saturated rings. The van der Waals surface area contributed by atoms with Crippen molar-refractivity contribution >= 4 is 29.0 Å². The average Bonchev–Trinajstić information content (AvgIpc) is 3.02. The molecule has 0 unspecified atom stereocenters. The molecule has 0 saturated carbocycles. The van der Waals surface area contributed by atoms with Gasteiger partial charge in [-0.15, -0.1) is 0 Å². The molecular weight excluding hydrogens is 530 g/mol. The van der Waals surface area contributed by atoms with Crippen molar-refractivity contribution in [2.45, 2.75) is 38.3 Å². The number of nitrogens with one attached hydrogen (secondary N) is 3. The number of hydrogen-bond donors (Lipinski definition) is 3. The normalized spacial score (nSPS) is 15.2. The van der Waals surface area contributed by atoms with Crippen molar-refractivity contribution in [2.75, 3.05) is 20.1 Å². The molecule has 216 valence electrons. The molecule has 5 rings (SSSR count). The molecule has 3 N–H and O–H groups in total. The number of aromatic amines is 1. The Morgan fingerprint density at radius 3 is 2.48 bits per heavy atom. The molecule has 2 aromatic carbocycles. The minimum absolute atomic E-state index is 0.0427. The van der Waals surface area contributed by atoms with Crippen molar-refractivity contribution in [1.82, 2.24) is 25.5 Å². The lowest BCUT2D eigenvalue weighted by atomic mass is 9.85. The summed E-state index contributed by atoms with van der Waals surface area (Å²) in [6, 6.07) is 19.5. The molecule has 0 radical (unpaired) electrons. The van der Waals surface area contributed by atoms with Crippen LogP contribution >= 0.6 is 0 Å². The van der Waals surface area contributed by atoms with Crippen LogP contribution < -0.4 is 16.2 Å². The number of carbonyl (C=O) groups is 3. The third-order valence-electron chi connectivity index (χ3n) is 8.14. The van der Waals surface area contributed by atoms with Gasteiger partial charge in [-0.3, -0.25) is 19.4 Å². The first kappa shape index (κ1) is 28.9. The van der Waals surface area contributed by atoms with Gasteiger partial charge in [-0.25, -0.2) is 0 Å². The Balaban J connectivity index is 1.17. The summed E-state index contributed by atoms with van der Waals surface area (Å²) >= 11 is 0. The quantitative estimate of drug-likeness (QED) is 0.268. The molecule has 0 bridgehead atoms. The van der Waals surface area contributed by atoms with Crippen LogP contribution in [0.1, 0.15) is 34.5 Å². The summed E-state index contributed by atoms with van der Waals surface area (Å²) in [5.41, 5.74) is 4.54. The first-order valence-electron chi connectivity index (χ1n) is 14.2. The van der Waals surface area contributed by atoms with Crippen molar-refractivity contribution < 1.29 is 14.4 Å². The molecule has 1 aliphatic rings. The highest BCUT2D eigenvalue weighted by molar-refractivity contribution is 5.94. The second-order valence-corrected chi connectivity index (χ2v) is 10.8. The third kappa shape index (κ3) is 6.47. The number of fused-ring (bicyclic) bond motifs is 1. The molecule has 2 atom stereocenters.